The van der Waals surface area contributed by atoms with Gasteiger partial charge in [-0.15, -0.1) is 0 Å². The molecule has 0 radical (unpaired) electrons. The number of nitrogens with zero attached hydrogens (tertiary/aromatic N) is 1. The lowest BCUT2D eigenvalue weighted by molar-refractivity contribution is -0.387. The molecule has 1 unspecified atom stereocenters. The zero-order valence-electron chi connectivity index (χ0n) is 13.1. The van der Waals surface area contributed by atoms with Crippen LogP contribution in [-0.4, -0.2) is 25.9 Å². The summed E-state index contributed by atoms with van der Waals surface area (Å²) in [5.74, 6) is 0. The van der Waals surface area contributed by atoms with Gasteiger partial charge in [-0.1, -0.05) is 25.8 Å². The Balaban J connectivity index is 3.27. The Morgan fingerprint density at radius 1 is 1.36 bits per heavy atom. The Kier molecular flexibility index (Phi) is 6.46. The van der Waals surface area contributed by atoms with Crippen LogP contribution in [0.1, 0.15) is 37.3 Å². The lowest BCUT2D eigenvalue weighted by atomic mass is 10.1. The normalized spacial score (nSPS) is 13.1. The zero-order chi connectivity index (χ0) is 16.9. The Hall–Kier alpha value is -1.51. The molecule has 0 bridgehead atoms. The predicted molar refractivity (Wildman–Crippen MR) is 85.3 cm³/mol. The Morgan fingerprint density at radius 2 is 2.00 bits per heavy atom. The van der Waals surface area contributed by atoms with Crippen molar-refractivity contribution in [3.8, 4) is 0 Å². The summed E-state index contributed by atoms with van der Waals surface area (Å²) in [6.07, 6.45) is 2.35. The molecule has 1 aromatic rings. The minimum Gasteiger partial charge on any atom is -0.329 e. The van der Waals surface area contributed by atoms with E-state index in [1.165, 1.54) is 6.07 Å². The van der Waals surface area contributed by atoms with Crippen molar-refractivity contribution in [3.63, 3.8) is 0 Å². The molecule has 0 fully saturated rings. The topological polar surface area (TPSA) is 115 Å². The van der Waals surface area contributed by atoms with Gasteiger partial charge in [-0.25, -0.2) is 13.1 Å². The maximum atomic E-state index is 12.6. The van der Waals surface area contributed by atoms with Crippen LogP contribution in [0.25, 0.3) is 0 Å². The highest BCUT2D eigenvalue weighted by atomic mass is 32.2. The monoisotopic (exact) mass is 329 g/mol. The fourth-order valence-corrected chi connectivity index (χ4v) is 3.97. The molecule has 8 heteroatoms. The van der Waals surface area contributed by atoms with E-state index in [2.05, 4.69) is 4.72 Å². The molecule has 0 spiro atoms. The molecule has 1 atom stereocenters. The molecule has 124 valence electrons. The average Bonchev–Trinajstić information content (AvgIpc) is 2.45. The van der Waals surface area contributed by atoms with E-state index in [0.29, 0.717) is 17.5 Å². The van der Waals surface area contributed by atoms with Crippen molar-refractivity contribution in [2.75, 3.05) is 6.54 Å². The summed E-state index contributed by atoms with van der Waals surface area (Å²) in [4.78, 5) is 10.2. The van der Waals surface area contributed by atoms with Crippen molar-refractivity contribution in [1.82, 2.24) is 4.72 Å². The van der Waals surface area contributed by atoms with Crippen LogP contribution >= 0.6 is 0 Å². The first-order chi connectivity index (χ1) is 10.2. The SMILES string of the molecule is CCCCC(CN)NS(=O)(=O)c1c([N+](=O)[O-])ccc(C)c1C. The first-order valence-corrected chi connectivity index (χ1v) is 8.69. The van der Waals surface area contributed by atoms with E-state index in [4.69, 9.17) is 5.73 Å². The van der Waals surface area contributed by atoms with Crippen molar-refractivity contribution in [1.29, 1.82) is 0 Å². The van der Waals surface area contributed by atoms with Crippen LogP contribution in [0.15, 0.2) is 17.0 Å². The number of rotatable bonds is 8. The summed E-state index contributed by atoms with van der Waals surface area (Å²) in [6, 6.07) is 2.34. The third-order valence-corrected chi connectivity index (χ3v) is 5.33. The molecule has 0 aliphatic carbocycles. The van der Waals surface area contributed by atoms with Crippen LogP contribution in [0.2, 0.25) is 0 Å². The van der Waals surface area contributed by atoms with Crippen LogP contribution in [-0.2, 0) is 10.0 Å². The van der Waals surface area contributed by atoms with Gasteiger partial charge < -0.3 is 5.73 Å². The first kappa shape index (κ1) is 18.5. The Labute approximate surface area is 131 Å². The fraction of sp³-hybridized carbons (Fsp3) is 0.571. The number of aryl methyl sites for hydroxylation is 1. The summed E-state index contributed by atoms with van der Waals surface area (Å²) in [6.45, 7) is 5.44. The quantitative estimate of drug-likeness (QED) is 0.559. The molecule has 0 heterocycles. The van der Waals surface area contributed by atoms with Crippen molar-refractivity contribution in [2.24, 2.45) is 5.73 Å². The average molecular weight is 329 g/mol. The van der Waals surface area contributed by atoms with Gasteiger partial charge in [0.25, 0.3) is 5.69 Å². The van der Waals surface area contributed by atoms with Crippen molar-refractivity contribution in [2.45, 2.75) is 51.0 Å². The maximum absolute atomic E-state index is 12.6. The third kappa shape index (κ3) is 4.25. The number of hydrogen-bond acceptors (Lipinski definition) is 5. The van der Waals surface area contributed by atoms with Crippen LogP contribution < -0.4 is 10.5 Å². The van der Waals surface area contributed by atoms with Gasteiger partial charge >= 0.3 is 0 Å². The number of nitrogens with one attached hydrogen (secondary N) is 1. The molecule has 3 N–H and O–H groups in total. The van der Waals surface area contributed by atoms with Crippen molar-refractivity contribution < 1.29 is 13.3 Å². The summed E-state index contributed by atoms with van der Waals surface area (Å²) in [7, 11) is -4.00. The van der Waals surface area contributed by atoms with Crippen LogP contribution in [0.3, 0.4) is 0 Å². The van der Waals surface area contributed by atoms with Crippen LogP contribution in [0.5, 0.6) is 0 Å². The van der Waals surface area contributed by atoms with Crippen LogP contribution in [0, 0.1) is 24.0 Å². The predicted octanol–water partition coefficient (Wildman–Crippen LogP) is 2.01. The largest absolute Gasteiger partial charge is 0.329 e. The number of nitro benzene ring substituents is 1. The standard InChI is InChI=1S/C14H23N3O4S/c1-4-5-6-12(9-15)16-22(20,21)14-11(3)10(2)7-8-13(14)17(18)19/h7-8,12,16H,4-6,9,15H2,1-3H3. The first-order valence-electron chi connectivity index (χ1n) is 7.21. The summed E-state index contributed by atoms with van der Waals surface area (Å²) >= 11 is 0. The summed E-state index contributed by atoms with van der Waals surface area (Å²) in [5, 5.41) is 11.1. The van der Waals surface area contributed by atoms with Gasteiger partial charge in [-0.2, -0.15) is 0 Å². The highest BCUT2D eigenvalue weighted by Gasteiger charge is 2.30. The molecule has 0 saturated carbocycles. The molecule has 0 aliphatic rings. The van der Waals surface area contributed by atoms with Gasteiger partial charge in [0.15, 0.2) is 4.90 Å². The number of unbranched alkanes of at least 4 members (excludes halogenated alkanes) is 1. The van der Waals surface area contributed by atoms with Gasteiger partial charge in [0.05, 0.1) is 4.92 Å². The van der Waals surface area contributed by atoms with Crippen LogP contribution in [0.4, 0.5) is 5.69 Å². The highest BCUT2D eigenvalue weighted by molar-refractivity contribution is 7.89. The zero-order valence-corrected chi connectivity index (χ0v) is 13.9. The molecule has 0 aliphatic heterocycles. The van der Waals surface area contributed by atoms with Gasteiger partial charge in [0.1, 0.15) is 0 Å². The highest BCUT2D eigenvalue weighted by Crippen LogP contribution is 2.29. The molecule has 1 aromatic carbocycles. The second-order valence-corrected chi connectivity index (χ2v) is 6.96. The van der Waals surface area contributed by atoms with Gasteiger partial charge in [-0.05, 0) is 31.4 Å². The molecule has 0 amide bonds. The Bertz CT molecular complexity index is 644. The van der Waals surface area contributed by atoms with E-state index in [1.54, 1.807) is 19.9 Å². The number of sulfonamides is 1. The number of benzene rings is 1. The van der Waals surface area contributed by atoms with E-state index in [1.807, 2.05) is 6.92 Å². The molecular weight excluding hydrogens is 306 g/mol. The molecular formula is C14H23N3O4S. The molecule has 0 saturated heterocycles. The minimum atomic E-state index is -4.00. The van der Waals surface area contributed by atoms with Gasteiger partial charge in [0.2, 0.25) is 10.0 Å². The van der Waals surface area contributed by atoms with E-state index in [-0.39, 0.29) is 11.4 Å². The van der Waals surface area contributed by atoms with Crippen molar-refractivity contribution in [3.05, 3.63) is 33.4 Å². The molecule has 0 aromatic heterocycles. The van der Waals surface area contributed by atoms with E-state index in [0.717, 1.165) is 12.8 Å². The fourth-order valence-electron chi connectivity index (χ4n) is 2.21. The summed E-state index contributed by atoms with van der Waals surface area (Å²) in [5.41, 5.74) is 6.26. The van der Waals surface area contributed by atoms with E-state index < -0.39 is 26.7 Å². The number of nitrogens with two attached hydrogens (primary N) is 1. The van der Waals surface area contributed by atoms with Gasteiger partial charge in [0, 0.05) is 18.7 Å². The van der Waals surface area contributed by atoms with Gasteiger partial charge in [-0.3, -0.25) is 10.1 Å². The van der Waals surface area contributed by atoms with E-state index >= 15 is 0 Å². The maximum Gasteiger partial charge on any atom is 0.289 e. The third-order valence-electron chi connectivity index (χ3n) is 3.63. The Morgan fingerprint density at radius 3 is 2.50 bits per heavy atom. The lowest BCUT2D eigenvalue weighted by Gasteiger charge is -2.18. The molecule has 1 rings (SSSR count). The number of nitro groups is 1. The van der Waals surface area contributed by atoms with Crippen molar-refractivity contribution >= 4 is 15.7 Å². The second-order valence-electron chi connectivity index (χ2n) is 5.31. The second kappa shape index (κ2) is 7.66. The minimum absolute atomic E-state index is 0.151. The smallest absolute Gasteiger partial charge is 0.289 e. The summed E-state index contributed by atoms with van der Waals surface area (Å²) < 4.78 is 27.7. The molecule has 22 heavy (non-hydrogen) atoms. The number of hydrogen-bond donors (Lipinski definition) is 2. The van der Waals surface area contributed by atoms with E-state index in [9.17, 15) is 18.5 Å². The molecule has 7 nitrogen and oxygen atoms in total. The lowest BCUT2D eigenvalue weighted by Crippen LogP contribution is -2.40.